The molecule has 6 aliphatic rings. The lowest BCUT2D eigenvalue weighted by Crippen LogP contribution is -2.47. The van der Waals surface area contributed by atoms with Crippen molar-refractivity contribution in [2.45, 2.75) is 76.3 Å². The second kappa shape index (κ2) is 14.9. The molecule has 4 nitrogen and oxygen atoms in total. The molecule has 2 aliphatic carbocycles. The van der Waals surface area contributed by atoms with Gasteiger partial charge in [-0.1, -0.05) is 135 Å². The molecule has 7 aromatic carbocycles. The fraction of sp³-hybridized carbons (Fsp3) is 0.206. The predicted octanol–water partition coefficient (Wildman–Crippen LogP) is 15.3. The summed E-state index contributed by atoms with van der Waals surface area (Å²) in [4.78, 5) is 7.91. The number of hydrogen-bond donors (Lipinski definition) is 0. The molecule has 5 heterocycles. The average molecular weight is 867 g/mol. The SMILES string of the molecule is CC1(C)C2=C(C=CC(N3c4ccccc4CCC4C=CC=CC43)C2)n2c3ccc(N4c5ccccc5CCc5ccccc54)cc3c3cc(N4c5ccccc5CCc5ccccc54)cc1c32. The van der Waals surface area contributed by atoms with E-state index in [0.717, 1.165) is 44.9 Å². The molecule has 0 amide bonds. The number of allylic oxidation sites excluding steroid dienone is 4. The minimum absolute atomic E-state index is 0.210. The summed E-state index contributed by atoms with van der Waals surface area (Å²) in [6.45, 7) is 5.03. The van der Waals surface area contributed by atoms with Gasteiger partial charge in [-0.25, -0.2) is 0 Å². The highest BCUT2D eigenvalue weighted by molar-refractivity contribution is 6.15. The van der Waals surface area contributed by atoms with Crippen LogP contribution in [0.3, 0.4) is 0 Å². The molecule has 0 fully saturated rings. The van der Waals surface area contributed by atoms with E-state index in [2.05, 4.69) is 221 Å². The Morgan fingerprint density at radius 3 is 1.63 bits per heavy atom. The first kappa shape index (κ1) is 38.9. The van der Waals surface area contributed by atoms with E-state index < -0.39 is 0 Å². The van der Waals surface area contributed by atoms with Crippen LogP contribution < -0.4 is 14.7 Å². The minimum atomic E-state index is -0.263. The third kappa shape index (κ3) is 5.84. The number of hydrogen-bond acceptors (Lipinski definition) is 3. The summed E-state index contributed by atoms with van der Waals surface area (Å²) in [5.74, 6) is 0.480. The number of aryl methyl sites for hydroxylation is 5. The average Bonchev–Trinajstić information content (AvgIpc) is 3.49. The molecule has 0 bridgehead atoms. The number of para-hydroxylation sites is 5. The first-order valence-electron chi connectivity index (χ1n) is 24.7. The Balaban J connectivity index is 1.01. The zero-order valence-corrected chi connectivity index (χ0v) is 38.4. The molecule has 3 atom stereocenters. The summed E-state index contributed by atoms with van der Waals surface area (Å²) in [5.41, 5.74) is 22.5. The van der Waals surface area contributed by atoms with Crippen LogP contribution in [0.5, 0.6) is 0 Å². The molecule has 0 N–H and O–H groups in total. The lowest BCUT2D eigenvalue weighted by atomic mass is 9.70. The maximum absolute atomic E-state index is 2.78. The molecule has 0 saturated heterocycles. The van der Waals surface area contributed by atoms with Crippen molar-refractivity contribution in [3.05, 3.63) is 227 Å². The number of aromatic nitrogens is 1. The van der Waals surface area contributed by atoms with Crippen molar-refractivity contribution < 1.29 is 0 Å². The van der Waals surface area contributed by atoms with Crippen LogP contribution in [0.4, 0.5) is 39.8 Å². The Bertz CT molecular complexity index is 3390. The molecule has 14 rings (SSSR count). The van der Waals surface area contributed by atoms with Crippen LogP contribution in [0.15, 0.2) is 194 Å². The van der Waals surface area contributed by atoms with Crippen molar-refractivity contribution in [1.29, 1.82) is 0 Å². The largest absolute Gasteiger partial charge is 0.357 e. The van der Waals surface area contributed by atoms with E-state index in [4.69, 9.17) is 0 Å². The van der Waals surface area contributed by atoms with Gasteiger partial charge in [-0.15, -0.1) is 0 Å². The van der Waals surface area contributed by atoms with Crippen molar-refractivity contribution >= 4 is 67.3 Å². The predicted molar refractivity (Wildman–Crippen MR) is 280 cm³/mol. The summed E-state index contributed by atoms with van der Waals surface area (Å²) in [6.07, 6.45) is 21.8. The van der Waals surface area contributed by atoms with Crippen LogP contribution in [0.1, 0.15) is 60.1 Å². The number of rotatable bonds is 3. The Morgan fingerprint density at radius 2 is 1.01 bits per heavy atom. The van der Waals surface area contributed by atoms with Crippen LogP contribution in [0.25, 0.3) is 27.5 Å². The Morgan fingerprint density at radius 1 is 0.493 bits per heavy atom. The topological polar surface area (TPSA) is 14.7 Å². The lowest BCUT2D eigenvalue weighted by molar-refractivity contribution is 0.471. The number of nitrogens with zero attached hydrogens (tertiary/aromatic N) is 4. The second-order valence-corrected chi connectivity index (χ2v) is 20.2. The van der Waals surface area contributed by atoms with Crippen LogP contribution in [-0.2, 0) is 37.5 Å². The molecule has 4 heteroatoms. The second-order valence-electron chi connectivity index (χ2n) is 20.2. The monoisotopic (exact) mass is 866 g/mol. The molecule has 67 heavy (non-hydrogen) atoms. The van der Waals surface area contributed by atoms with Crippen molar-refractivity contribution in [3.63, 3.8) is 0 Å². The highest BCUT2D eigenvalue weighted by Crippen LogP contribution is 2.55. The third-order valence-corrected chi connectivity index (χ3v) is 16.4. The molecule has 326 valence electrons. The zero-order chi connectivity index (χ0) is 44.4. The van der Waals surface area contributed by atoms with E-state index in [-0.39, 0.29) is 11.5 Å². The van der Waals surface area contributed by atoms with Gasteiger partial charge in [0.25, 0.3) is 0 Å². The van der Waals surface area contributed by atoms with E-state index in [1.807, 2.05) is 0 Å². The molecular formula is C63H54N4. The highest BCUT2D eigenvalue weighted by Gasteiger charge is 2.43. The molecular weight excluding hydrogens is 813 g/mol. The van der Waals surface area contributed by atoms with E-state index in [0.29, 0.717) is 12.0 Å². The normalized spacial score (nSPS) is 20.8. The summed E-state index contributed by atoms with van der Waals surface area (Å²) >= 11 is 0. The van der Waals surface area contributed by atoms with Crippen LogP contribution in [0.2, 0.25) is 0 Å². The quantitative estimate of drug-likeness (QED) is 0.176. The maximum atomic E-state index is 2.78. The standard InChI is InChI=1S/C63H54N4/c1-63(2)52-39-48(65-56-23-11-5-17-43(56)29-30-44-18-6-12-24-57(44)65)34-36-61(52)67-60-35-33-47(64-54-21-9-3-15-41(54)27-28-42-16-4-10-22-55(42)64)37-50(60)51-38-49(40-53(63)62(51)67)66-58-25-13-7-19-45(58)31-32-46-20-8-14-26-59(46)66/h3-26,33-38,40,43,48,56H,27-32,39H2,1-2H3. The van der Waals surface area contributed by atoms with Crippen molar-refractivity contribution in [3.8, 4) is 0 Å². The maximum Gasteiger partial charge on any atom is 0.0583 e. The first-order chi connectivity index (χ1) is 33.0. The summed E-state index contributed by atoms with van der Waals surface area (Å²) in [5, 5.41) is 2.59. The molecule has 8 aromatic rings. The van der Waals surface area contributed by atoms with Crippen molar-refractivity contribution in [1.82, 2.24) is 4.57 Å². The summed E-state index contributed by atoms with van der Waals surface area (Å²) in [7, 11) is 0. The van der Waals surface area contributed by atoms with Crippen LogP contribution in [-0.4, -0.2) is 16.7 Å². The van der Waals surface area contributed by atoms with Gasteiger partial charge in [0, 0.05) is 67.6 Å². The van der Waals surface area contributed by atoms with Gasteiger partial charge >= 0.3 is 0 Å². The molecule has 1 aromatic heterocycles. The van der Waals surface area contributed by atoms with E-state index in [9.17, 15) is 0 Å². The van der Waals surface area contributed by atoms with Gasteiger partial charge in [-0.05, 0) is 151 Å². The van der Waals surface area contributed by atoms with Gasteiger partial charge in [0.05, 0.1) is 23.1 Å². The summed E-state index contributed by atoms with van der Waals surface area (Å²) in [6, 6.07) is 58.4. The molecule has 0 spiro atoms. The third-order valence-electron chi connectivity index (χ3n) is 16.4. The van der Waals surface area contributed by atoms with Gasteiger partial charge in [0.1, 0.15) is 0 Å². The van der Waals surface area contributed by atoms with Gasteiger partial charge in [0.15, 0.2) is 0 Å². The van der Waals surface area contributed by atoms with Crippen LogP contribution in [0, 0.1) is 5.92 Å². The van der Waals surface area contributed by atoms with Gasteiger partial charge < -0.3 is 19.3 Å². The lowest BCUT2D eigenvalue weighted by Gasteiger charge is -2.45. The van der Waals surface area contributed by atoms with E-state index >= 15 is 0 Å². The zero-order valence-electron chi connectivity index (χ0n) is 38.4. The molecule has 0 radical (unpaired) electrons. The van der Waals surface area contributed by atoms with Crippen LogP contribution >= 0.6 is 0 Å². The molecule has 0 saturated carbocycles. The smallest absolute Gasteiger partial charge is 0.0583 e. The fourth-order valence-electron chi connectivity index (χ4n) is 13.1. The number of fused-ring (bicyclic) bond motifs is 10. The van der Waals surface area contributed by atoms with E-state index in [1.54, 1.807) is 0 Å². The number of anilines is 7. The molecule has 3 unspecified atom stereocenters. The van der Waals surface area contributed by atoms with Crippen molar-refractivity contribution in [2.75, 3.05) is 14.7 Å². The Hall–Kier alpha value is -7.30. The highest BCUT2D eigenvalue weighted by atomic mass is 15.2. The van der Waals surface area contributed by atoms with E-state index in [1.165, 1.54) is 106 Å². The number of benzene rings is 7. The molecule has 4 aliphatic heterocycles. The Labute approximate surface area is 394 Å². The first-order valence-corrected chi connectivity index (χ1v) is 24.7. The summed E-state index contributed by atoms with van der Waals surface area (Å²) < 4.78 is 2.65. The van der Waals surface area contributed by atoms with Gasteiger partial charge in [-0.2, -0.15) is 0 Å². The van der Waals surface area contributed by atoms with Crippen molar-refractivity contribution in [2.24, 2.45) is 5.92 Å². The fourth-order valence-corrected chi connectivity index (χ4v) is 13.1. The van der Waals surface area contributed by atoms with Gasteiger partial charge in [-0.3, -0.25) is 0 Å². The minimum Gasteiger partial charge on any atom is -0.357 e. The Kier molecular flexibility index (Phi) is 8.63. The van der Waals surface area contributed by atoms with Gasteiger partial charge in [0.2, 0.25) is 0 Å².